The summed E-state index contributed by atoms with van der Waals surface area (Å²) in [4.78, 5) is 13.8. The van der Waals surface area contributed by atoms with E-state index in [4.69, 9.17) is 9.88 Å². The Kier molecular flexibility index (Phi) is 5.10. The number of nitrogens with zero attached hydrogens (tertiary/aromatic N) is 1. The largest absolute Gasteiger partial charge is 0.490 e. The van der Waals surface area contributed by atoms with Crippen LogP contribution in [-0.2, 0) is 21.4 Å². The van der Waals surface area contributed by atoms with Crippen molar-refractivity contribution in [3.63, 3.8) is 0 Å². The second-order valence-corrected chi connectivity index (χ2v) is 8.50. The molecule has 6 nitrogen and oxygen atoms in total. The Bertz CT molecular complexity index is 698. The van der Waals surface area contributed by atoms with Gasteiger partial charge in [0.1, 0.15) is 5.75 Å². The Hall–Kier alpha value is -1.60. The highest BCUT2D eigenvalue weighted by Gasteiger charge is 2.31. The molecular weight excluding hydrogens is 328 g/mol. The Morgan fingerprint density at radius 2 is 2.00 bits per heavy atom. The molecule has 1 saturated carbocycles. The fourth-order valence-corrected chi connectivity index (χ4v) is 4.46. The highest BCUT2D eigenvalue weighted by Crippen LogP contribution is 2.26. The van der Waals surface area contributed by atoms with Gasteiger partial charge in [-0.3, -0.25) is 4.79 Å². The Labute approximate surface area is 143 Å². The van der Waals surface area contributed by atoms with Gasteiger partial charge in [0.2, 0.25) is 15.9 Å². The zero-order chi connectivity index (χ0) is 17.2. The van der Waals surface area contributed by atoms with Gasteiger partial charge in [0.05, 0.1) is 11.9 Å². The molecular formula is C17H24N2O4S. The number of hydrogen-bond acceptors (Lipinski definition) is 4. The lowest BCUT2D eigenvalue weighted by molar-refractivity contribution is -0.128. The van der Waals surface area contributed by atoms with Crippen LogP contribution in [0.2, 0.25) is 0 Å². The van der Waals surface area contributed by atoms with E-state index in [9.17, 15) is 13.2 Å². The molecule has 0 aromatic heterocycles. The summed E-state index contributed by atoms with van der Waals surface area (Å²) < 4.78 is 28.4. The topological polar surface area (TPSA) is 89.7 Å². The van der Waals surface area contributed by atoms with E-state index in [-0.39, 0.29) is 24.0 Å². The van der Waals surface area contributed by atoms with Crippen LogP contribution in [0.25, 0.3) is 0 Å². The number of sulfonamides is 1. The molecule has 1 heterocycles. The van der Waals surface area contributed by atoms with Gasteiger partial charge in [-0.25, -0.2) is 13.6 Å². The maximum absolute atomic E-state index is 12.1. The van der Waals surface area contributed by atoms with Crippen molar-refractivity contribution in [1.82, 2.24) is 4.90 Å². The first-order valence-corrected chi connectivity index (χ1v) is 10.1. The van der Waals surface area contributed by atoms with E-state index < -0.39 is 10.0 Å². The summed E-state index contributed by atoms with van der Waals surface area (Å²) in [5.41, 5.74) is 0.995. The quantitative estimate of drug-likeness (QED) is 0.843. The predicted molar refractivity (Wildman–Crippen MR) is 90.8 cm³/mol. The fourth-order valence-electron chi connectivity index (χ4n) is 3.58. The molecule has 1 atom stereocenters. The van der Waals surface area contributed by atoms with Gasteiger partial charge in [-0.05, 0) is 43.4 Å². The Morgan fingerprint density at radius 1 is 1.25 bits per heavy atom. The van der Waals surface area contributed by atoms with E-state index in [1.165, 1.54) is 12.8 Å². The minimum Gasteiger partial charge on any atom is -0.490 e. The summed E-state index contributed by atoms with van der Waals surface area (Å²) >= 11 is 0. The number of rotatable bonds is 6. The molecule has 1 aromatic carbocycles. The lowest BCUT2D eigenvalue weighted by Crippen LogP contribution is -2.27. The van der Waals surface area contributed by atoms with Gasteiger partial charge in [-0.1, -0.05) is 12.1 Å². The van der Waals surface area contributed by atoms with Crippen molar-refractivity contribution in [3.05, 3.63) is 29.8 Å². The molecule has 1 amide bonds. The van der Waals surface area contributed by atoms with Gasteiger partial charge in [0.15, 0.2) is 0 Å². The van der Waals surface area contributed by atoms with Crippen molar-refractivity contribution in [2.45, 2.75) is 44.8 Å². The number of hydrogen-bond donors (Lipinski definition) is 1. The smallest absolute Gasteiger partial charge is 0.223 e. The van der Waals surface area contributed by atoms with Gasteiger partial charge >= 0.3 is 0 Å². The number of primary sulfonamides is 1. The second kappa shape index (κ2) is 7.11. The molecule has 1 aliphatic heterocycles. The van der Waals surface area contributed by atoms with Crippen LogP contribution in [0.3, 0.4) is 0 Å². The first kappa shape index (κ1) is 17.2. The molecule has 0 bridgehead atoms. The molecule has 1 aromatic rings. The van der Waals surface area contributed by atoms with Gasteiger partial charge in [0.25, 0.3) is 0 Å². The lowest BCUT2D eigenvalue weighted by atomic mass is 10.1. The van der Waals surface area contributed by atoms with Crippen LogP contribution in [-0.4, -0.2) is 37.6 Å². The number of carbonyl (C=O) groups is 1. The molecule has 132 valence electrons. The molecule has 7 heteroatoms. The molecule has 2 aliphatic rings. The van der Waals surface area contributed by atoms with Crippen molar-refractivity contribution >= 4 is 15.9 Å². The van der Waals surface area contributed by atoms with Gasteiger partial charge in [-0.2, -0.15) is 0 Å². The van der Waals surface area contributed by atoms with Crippen LogP contribution in [0.5, 0.6) is 5.75 Å². The molecule has 24 heavy (non-hydrogen) atoms. The fraction of sp³-hybridized carbons (Fsp3) is 0.588. The van der Waals surface area contributed by atoms with Crippen LogP contribution < -0.4 is 9.88 Å². The van der Waals surface area contributed by atoms with E-state index in [1.807, 2.05) is 24.3 Å². The number of likely N-dealkylation sites (tertiary alicyclic amines) is 1. The number of ether oxygens (including phenoxy) is 1. The van der Waals surface area contributed by atoms with E-state index in [2.05, 4.69) is 0 Å². The summed E-state index contributed by atoms with van der Waals surface area (Å²) in [5.74, 6) is 0.461. The predicted octanol–water partition coefficient (Wildman–Crippen LogP) is 1.64. The summed E-state index contributed by atoms with van der Waals surface area (Å²) in [6.45, 7) is 0.908. The van der Waals surface area contributed by atoms with Gasteiger partial charge in [-0.15, -0.1) is 0 Å². The van der Waals surface area contributed by atoms with E-state index in [1.54, 1.807) is 4.90 Å². The lowest BCUT2D eigenvalue weighted by Gasteiger charge is -2.18. The van der Waals surface area contributed by atoms with E-state index >= 15 is 0 Å². The Balaban J connectivity index is 1.60. The zero-order valence-electron chi connectivity index (χ0n) is 13.7. The molecule has 3 rings (SSSR count). The van der Waals surface area contributed by atoms with Crippen molar-refractivity contribution < 1.29 is 17.9 Å². The average Bonchev–Trinajstić information content (AvgIpc) is 3.08. The van der Waals surface area contributed by atoms with Gasteiger partial charge in [0, 0.05) is 25.4 Å². The molecule has 1 unspecified atom stereocenters. The standard InChI is InChI=1S/C17H24N2O4S/c18-24(21,22)12-14-9-17(20)19(11-14)10-13-4-3-7-16(8-13)23-15-5-1-2-6-15/h3-4,7-8,14-15H,1-2,5-6,9-12H2,(H2,18,21,22). The van der Waals surface area contributed by atoms with Gasteiger partial charge < -0.3 is 9.64 Å². The third-order valence-electron chi connectivity index (χ3n) is 4.64. The van der Waals surface area contributed by atoms with Crippen LogP contribution >= 0.6 is 0 Å². The van der Waals surface area contributed by atoms with Crippen molar-refractivity contribution in [3.8, 4) is 5.75 Å². The third kappa shape index (κ3) is 4.70. The molecule has 2 fully saturated rings. The average molecular weight is 352 g/mol. The van der Waals surface area contributed by atoms with Crippen molar-refractivity contribution in [2.24, 2.45) is 11.1 Å². The number of amides is 1. The van der Waals surface area contributed by atoms with Crippen LogP contribution in [0.15, 0.2) is 24.3 Å². The monoisotopic (exact) mass is 352 g/mol. The summed E-state index contributed by atoms with van der Waals surface area (Å²) in [6.07, 6.45) is 5.19. The van der Waals surface area contributed by atoms with Crippen LogP contribution in [0, 0.1) is 5.92 Å². The van der Waals surface area contributed by atoms with Crippen molar-refractivity contribution in [2.75, 3.05) is 12.3 Å². The number of carbonyl (C=O) groups excluding carboxylic acids is 1. The molecule has 0 radical (unpaired) electrons. The molecule has 1 saturated heterocycles. The summed E-state index contributed by atoms with van der Waals surface area (Å²) in [7, 11) is -3.55. The minimum atomic E-state index is -3.55. The SMILES string of the molecule is NS(=O)(=O)CC1CC(=O)N(Cc2cccc(OC3CCCC3)c2)C1. The molecule has 2 N–H and O–H groups in total. The first-order valence-electron chi connectivity index (χ1n) is 8.43. The molecule has 0 spiro atoms. The first-order chi connectivity index (χ1) is 11.4. The van der Waals surface area contributed by atoms with Crippen molar-refractivity contribution in [1.29, 1.82) is 0 Å². The van der Waals surface area contributed by atoms with E-state index in [0.29, 0.717) is 19.2 Å². The van der Waals surface area contributed by atoms with Crippen LogP contribution in [0.4, 0.5) is 0 Å². The Morgan fingerprint density at radius 3 is 2.71 bits per heavy atom. The maximum atomic E-state index is 12.1. The number of nitrogens with two attached hydrogens (primary N) is 1. The maximum Gasteiger partial charge on any atom is 0.223 e. The van der Waals surface area contributed by atoms with Crippen LogP contribution in [0.1, 0.15) is 37.7 Å². The third-order valence-corrected chi connectivity index (χ3v) is 5.58. The number of benzene rings is 1. The highest BCUT2D eigenvalue weighted by atomic mass is 32.2. The highest BCUT2D eigenvalue weighted by molar-refractivity contribution is 7.89. The second-order valence-electron chi connectivity index (χ2n) is 6.85. The van der Waals surface area contributed by atoms with E-state index in [0.717, 1.165) is 24.2 Å². The minimum absolute atomic E-state index is 0.0224. The summed E-state index contributed by atoms with van der Waals surface area (Å²) in [6, 6.07) is 7.81. The normalized spacial score (nSPS) is 22.3. The molecule has 1 aliphatic carbocycles. The summed E-state index contributed by atoms with van der Waals surface area (Å²) in [5, 5.41) is 5.08. The zero-order valence-corrected chi connectivity index (χ0v) is 14.5.